The molecular weight excluding hydrogens is 338 g/mol. The Bertz CT molecular complexity index is 671. The number of rotatable bonds is 3. The van der Waals surface area contributed by atoms with Crippen molar-refractivity contribution in [3.63, 3.8) is 0 Å². The fourth-order valence-corrected chi connectivity index (χ4v) is 4.52. The molecule has 5 nitrogen and oxygen atoms in total. The number of nitrogens with zero attached hydrogens (tertiary/aromatic N) is 1. The Labute approximate surface area is 164 Å². The van der Waals surface area contributed by atoms with Crippen molar-refractivity contribution >= 4 is 6.03 Å². The summed E-state index contributed by atoms with van der Waals surface area (Å²) in [6, 6.07) is 6.16. The maximum Gasteiger partial charge on any atom is 0.320 e. The maximum absolute atomic E-state index is 13.0. The second-order valence-corrected chi connectivity index (χ2v) is 10.1. The summed E-state index contributed by atoms with van der Waals surface area (Å²) in [4.78, 5) is 14.9. The first-order valence-electron chi connectivity index (χ1n) is 9.82. The summed E-state index contributed by atoms with van der Waals surface area (Å²) in [5, 5.41) is 2.94. The number of urea groups is 1. The van der Waals surface area contributed by atoms with Gasteiger partial charge in [-0.2, -0.15) is 0 Å². The van der Waals surface area contributed by atoms with Crippen molar-refractivity contribution in [2.24, 2.45) is 5.73 Å². The number of nitrogens with two attached hydrogens (primary N) is 1. The van der Waals surface area contributed by atoms with Gasteiger partial charge >= 0.3 is 6.03 Å². The zero-order valence-corrected chi connectivity index (χ0v) is 18.3. The summed E-state index contributed by atoms with van der Waals surface area (Å²) in [5.74, 6) is 0.813. The van der Waals surface area contributed by atoms with E-state index in [0.29, 0.717) is 0 Å². The summed E-state index contributed by atoms with van der Waals surface area (Å²) < 4.78 is 5.95. The number of aryl methyl sites for hydroxylation is 1. The molecule has 0 atom stereocenters. The highest BCUT2D eigenvalue weighted by Gasteiger charge is 2.46. The molecular formula is C22H37N3O2. The van der Waals surface area contributed by atoms with Crippen LogP contribution in [0.5, 0.6) is 5.75 Å². The van der Waals surface area contributed by atoms with Crippen molar-refractivity contribution in [3.05, 3.63) is 29.3 Å². The van der Waals surface area contributed by atoms with E-state index in [4.69, 9.17) is 10.5 Å². The van der Waals surface area contributed by atoms with E-state index in [1.54, 1.807) is 0 Å². The van der Waals surface area contributed by atoms with E-state index in [1.807, 2.05) is 17.0 Å². The number of likely N-dealkylation sites (tertiary alicyclic amines) is 1. The number of benzene rings is 1. The minimum absolute atomic E-state index is 0.0294. The highest BCUT2D eigenvalue weighted by Crippen LogP contribution is 2.37. The number of hydrogen-bond donors (Lipinski definition) is 2. The lowest BCUT2D eigenvalue weighted by atomic mass is 9.77. The SMILES string of the molecule is Cc1ccc(OCNC(=O)N2C(C)(C)CC(N)CC2(C)C)c(C(C)(C)C)c1. The van der Waals surface area contributed by atoms with Crippen LogP contribution in [-0.2, 0) is 5.41 Å². The quantitative estimate of drug-likeness (QED) is 0.773. The molecule has 152 valence electrons. The molecule has 0 unspecified atom stereocenters. The molecule has 3 N–H and O–H groups in total. The number of amides is 2. The Morgan fingerprint density at radius 2 is 1.78 bits per heavy atom. The topological polar surface area (TPSA) is 67.6 Å². The van der Waals surface area contributed by atoms with Gasteiger partial charge in [0.15, 0.2) is 6.73 Å². The smallest absolute Gasteiger partial charge is 0.320 e. The van der Waals surface area contributed by atoms with Gasteiger partial charge in [0.05, 0.1) is 0 Å². The summed E-state index contributed by atoms with van der Waals surface area (Å²) in [7, 11) is 0. The van der Waals surface area contributed by atoms with E-state index in [0.717, 1.165) is 24.2 Å². The van der Waals surface area contributed by atoms with E-state index < -0.39 is 0 Å². The van der Waals surface area contributed by atoms with Crippen molar-refractivity contribution < 1.29 is 9.53 Å². The molecule has 2 amide bonds. The fourth-order valence-electron chi connectivity index (χ4n) is 4.52. The molecule has 1 aromatic carbocycles. The van der Waals surface area contributed by atoms with Crippen LogP contribution in [0.15, 0.2) is 18.2 Å². The molecule has 2 rings (SSSR count). The molecule has 5 heteroatoms. The van der Waals surface area contributed by atoms with Crippen LogP contribution >= 0.6 is 0 Å². The van der Waals surface area contributed by atoms with Gasteiger partial charge in [-0.1, -0.05) is 38.5 Å². The molecule has 0 aromatic heterocycles. The predicted octanol–water partition coefficient (Wildman–Crippen LogP) is 4.32. The lowest BCUT2D eigenvalue weighted by molar-refractivity contribution is 0.00143. The number of carbonyl (C=O) groups excluding carboxylic acids is 1. The standard InChI is InChI=1S/C22H37N3O2/c1-15-9-10-18(17(11-15)20(2,3)4)27-14-24-19(26)25-21(5,6)12-16(23)13-22(25,7)8/h9-11,16H,12-14,23H2,1-8H3,(H,24,26). The van der Waals surface area contributed by atoms with Crippen LogP contribution in [0, 0.1) is 6.92 Å². The van der Waals surface area contributed by atoms with Crippen LogP contribution in [0.3, 0.4) is 0 Å². The average Bonchev–Trinajstić information content (AvgIpc) is 2.44. The van der Waals surface area contributed by atoms with Crippen molar-refractivity contribution in [1.82, 2.24) is 10.2 Å². The van der Waals surface area contributed by atoms with E-state index in [1.165, 1.54) is 5.56 Å². The van der Waals surface area contributed by atoms with Gasteiger partial charge in [0.25, 0.3) is 0 Å². The van der Waals surface area contributed by atoms with Crippen LogP contribution < -0.4 is 15.8 Å². The summed E-state index contributed by atoms with van der Waals surface area (Å²) in [5.41, 5.74) is 7.92. The zero-order valence-electron chi connectivity index (χ0n) is 18.3. The monoisotopic (exact) mass is 375 g/mol. The number of carbonyl (C=O) groups is 1. The van der Waals surface area contributed by atoms with Gasteiger partial charge in [0, 0.05) is 17.1 Å². The van der Waals surface area contributed by atoms with Crippen molar-refractivity contribution in [1.29, 1.82) is 0 Å². The third kappa shape index (κ3) is 4.95. The first kappa shape index (κ1) is 21.5. The van der Waals surface area contributed by atoms with Crippen LogP contribution in [0.1, 0.15) is 72.4 Å². The van der Waals surface area contributed by atoms with Crippen molar-refractivity contribution in [3.8, 4) is 5.75 Å². The fraction of sp³-hybridized carbons (Fsp3) is 0.682. The molecule has 1 heterocycles. The van der Waals surface area contributed by atoms with Gasteiger partial charge in [-0.15, -0.1) is 0 Å². The van der Waals surface area contributed by atoms with E-state index in [2.05, 4.69) is 66.8 Å². The highest BCUT2D eigenvalue weighted by molar-refractivity contribution is 5.76. The molecule has 1 saturated heterocycles. The van der Waals surface area contributed by atoms with Gasteiger partial charge < -0.3 is 20.7 Å². The Morgan fingerprint density at radius 1 is 1.22 bits per heavy atom. The van der Waals surface area contributed by atoms with E-state index >= 15 is 0 Å². The summed E-state index contributed by atoms with van der Waals surface area (Å²) in [6.07, 6.45) is 1.58. The lowest BCUT2D eigenvalue weighted by Crippen LogP contribution is -2.67. The highest BCUT2D eigenvalue weighted by atomic mass is 16.5. The largest absolute Gasteiger partial charge is 0.473 e. The van der Waals surface area contributed by atoms with Gasteiger partial charge in [-0.05, 0) is 64.5 Å². The van der Waals surface area contributed by atoms with Gasteiger partial charge in [0.1, 0.15) is 5.75 Å². The second-order valence-electron chi connectivity index (χ2n) is 10.1. The van der Waals surface area contributed by atoms with Gasteiger partial charge in [-0.25, -0.2) is 4.79 Å². The molecule has 1 aliphatic heterocycles. The summed E-state index contributed by atoms with van der Waals surface area (Å²) >= 11 is 0. The van der Waals surface area contributed by atoms with Crippen LogP contribution in [0.25, 0.3) is 0 Å². The molecule has 0 saturated carbocycles. The van der Waals surface area contributed by atoms with Crippen LogP contribution in [0.4, 0.5) is 4.79 Å². The average molecular weight is 376 g/mol. The Morgan fingerprint density at radius 3 is 2.30 bits per heavy atom. The first-order valence-corrected chi connectivity index (χ1v) is 9.82. The number of hydrogen-bond acceptors (Lipinski definition) is 3. The third-order valence-electron chi connectivity index (χ3n) is 5.33. The molecule has 0 spiro atoms. The lowest BCUT2D eigenvalue weighted by Gasteiger charge is -2.54. The Kier molecular flexibility index (Phi) is 5.86. The minimum Gasteiger partial charge on any atom is -0.473 e. The molecule has 1 aromatic rings. The molecule has 1 fully saturated rings. The number of piperidine rings is 1. The molecule has 0 aliphatic carbocycles. The molecule has 0 bridgehead atoms. The summed E-state index contributed by atoms with van der Waals surface area (Å²) in [6.45, 7) is 17.0. The third-order valence-corrected chi connectivity index (χ3v) is 5.33. The number of ether oxygens (including phenoxy) is 1. The van der Waals surface area contributed by atoms with Crippen molar-refractivity contribution in [2.75, 3.05) is 6.73 Å². The van der Waals surface area contributed by atoms with Gasteiger partial charge in [-0.3, -0.25) is 0 Å². The van der Waals surface area contributed by atoms with E-state index in [-0.39, 0.29) is 35.3 Å². The Balaban J connectivity index is 2.09. The Hall–Kier alpha value is -1.75. The maximum atomic E-state index is 13.0. The minimum atomic E-state index is -0.300. The first-order chi connectivity index (χ1) is 12.2. The zero-order chi connectivity index (χ0) is 20.6. The predicted molar refractivity (Wildman–Crippen MR) is 111 cm³/mol. The normalized spacial score (nSPS) is 19.7. The molecule has 1 aliphatic rings. The van der Waals surface area contributed by atoms with E-state index in [9.17, 15) is 4.79 Å². The molecule has 0 radical (unpaired) electrons. The van der Waals surface area contributed by atoms with Crippen molar-refractivity contribution in [2.45, 2.75) is 90.8 Å². The number of nitrogens with one attached hydrogen (secondary N) is 1. The molecule has 27 heavy (non-hydrogen) atoms. The van der Waals surface area contributed by atoms with Crippen LogP contribution in [0.2, 0.25) is 0 Å². The second kappa shape index (κ2) is 7.34. The van der Waals surface area contributed by atoms with Crippen LogP contribution in [-0.4, -0.2) is 34.8 Å². The van der Waals surface area contributed by atoms with Gasteiger partial charge in [0.2, 0.25) is 0 Å².